The molecule has 0 spiro atoms. The minimum absolute atomic E-state index is 0.722. The third-order valence-electron chi connectivity index (χ3n) is 3.73. The van der Waals surface area contributed by atoms with Gasteiger partial charge >= 0.3 is 0 Å². The predicted octanol–water partition coefficient (Wildman–Crippen LogP) is 3.83. The fraction of sp³-hybridized carbons (Fsp3) is 0.867. The van der Waals surface area contributed by atoms with Gasteiger partial charge in [0.25, 0.3) is 0 Å². The molecule has 17 heavy (non-hydrogen) atoms. The van der Waals surface area contributed by atoms with Gasteiger partial charge in [0.1, 0.15) is 0 Å². The standard InChI is InChI=1S/C15H29NO/c1-13(2)16-10-8-15(9-11-16)7-5-6-12-17-14(3)4/h13,15H,3,5-12H2,1-2,4H3. The Morgan fingerprint density at radius 1 is 1.29 bits per heavy atom. The first kappa shape index (κ1) is 14.6. The SMILES string of the molecule is C=C(C)OCCCCC1CCN(C(C)C)CC1. The maximum Gasteiger partial charge on any atom is 0.0876 e. The van der Waals surface area contributed by atoms with Crippen molar-refractivity contribution in [1.29, 1.82) is 0 Å². The summed E-state index contributed by atoms with van der Waals surface area (Å²) in [5.41, 5.74) is 0. The molecule has 0 amide bonds. The summed E-state index contributed by atoms with van der Waals surface area (Å²) in [4.78, 5) is 2.60. The summed E-state index contributed by atoms with van der Waals surface area (Å²) in [5, 5.41) is 0. The lowest BCUT2D eigenvalue weighted by atomic mass is 9.91. The molecule has 0 aromatic heterocycles. The summed E-state index contributed by atoms with van der Waals surface area (Å²) in [6.45, 7) is 13.7. The van der Waals surface area contributed by atoms with Crippen molar-refractivity contribution in [1.82, 2.24) is 4.90 Å². The topological polar surface area (TPSA) is 12.5 Å². The van der Waals surface area contributed by atoms with E-state index in [9.17, 15) is 0 Å². The fourth-order valence-corrected chi connectivity index (χ4v) is 2.54. The van der Waals surface area contributed by atoms with Crippen LogP contribution in [0, 0.1) is 5.92 Å². The molecule has 0 radical (unpaired) electrons. The Morgan fingerprint density at radius 2 is 1.94 bits per heavy atom. The van der Waals surface area contributed by atoms with Crippen LogP contribution in [0.2, 0.25) is 0 Å². The van der Waals surface area contributed by atoms with Gasteiger partial charge in [0.15, 0.2) is 0 Å². The summed E-state index contributed by atoms with van der Waals surface area (Å²) in [6, 6.07) is 0.722. The third-order valence-corrected chi connectivity index (χ3v) is 3.73. The van der Waals surface area contributed by atoms with Crippen LogP contribution in [0.15, 0.2) is 12.3 Å². The Morgan fingerprint density at radius 3 is 2.47 bits per heavy atom. The molecular weight excluding hydrogens is 210 g/mol. The highest BCUT2D eigenvalue weighted by Gasteiger charge is 2.20. The predicted molar refractivity (Wildman–Crippen MR) is 74.1 cm³/mol. The summed E-state index contributed by atoms with van der Waals surface area (Å²) < 4.78 is 5.38. The second-order valence-electron chi connectivity index (χ2n) is 5.62. The monoisotopic (exact) mass is 239 g/mol. The van der Waals surface area contributed by atoms with E-state index < -0.39 is 0 Å². The van der Waals surface area contributed by atoms with Gasteiger partial charge in [0, 0.05) is 6.04 Å². The summed E-state index contributed by atoms with van der Waals surface area (Å²) >= 11 is 0. The van der Waals surface area contributed by atoms with Crippen molar-refractivity contribution in [3.05, 3.63) is 12.3 Å². The zero-order valence-corrected chi connectivity index (χ0v) is 11.9. The summed E-state index contributed by atoms with van der Waals surface area (Å²) in [6.07, 6.45) is 6.64. The van der Waals surface area contributed by atoms with E-state index in [4.69, 9.17) is 4.74 Å². The van der Waals surface area contributed by atoms with Crippen LogP contribution in [0.4, 0.5) is 0 Å². The Balaban J connectivity index is 2.01. The Labute approximate surface area is 107 Å². The van der Waals surface area contributed by atoms with E-state index in [0.717, 1.165) is 24.3 Å². The first-order chi connectivity index (χ1) is 8.09. The molecule has 1 aliphatic heterocycles. The molecule has 0 atom stereocenters. The molecule has 1 fully saturated rings. The van der Waals surface area contributed by atoms with E-state index in [1.807, 2.05) is 6.92 Å². The highest BCUT2D eigenvalue weighted by atomic mass is 16.5. The van der Waals surface area contributed by atoms with Crippen molar-refractivity contribution in [2.75, 3.05) is 19.7 Å². The lowest BCUT2D eigenvalue weighted by Crippen LogP contribution is -2.38. The van der Waals surface area contributed by atoms with Crippen LogP contribution in [0.25, 0.3) is 0 Å². The van der Waals surface area contributed by atoms with Gasteiger partial charge in [-0.05, 0) is 65.5 Å². The molecule has 2 nitrogen and oxygen atoms in total. The van der Waals surface area contributed by atoms with Gasteiger partial charge in [-0.15, -0.1) is 0 Å². The van der Waals surface area contributed by atoms with Crippen molar-refractivity contribution in [3.63, 3.8) is 0 Å². The average molecular weight is 239 g/mol. The molecule has 1 aliphatic rings. The van der Waals surface area contributed by atoms with Gasteiger partial charge in [-0.1, -0.05) is 13.0 Å². The Hall–Kier alpha value is -0.500. The van der Waals surface area contributed by atoms with Crippen molar-refractivity contribution < 1.29 is 4.74 Å². The molecule has 0 aromatic carbocycles. The second-order valence-corrected chi connectivity index (χ2v) is 5.62. The molecule has 0 aliphatic carbocycles. The van der Waals surface area contributed by atoms with Crippen molar-refractivity contribution in [3.8, 4) is 0 Å². The number of hydrogen-bond donors (Lipinski definition) is 0. The van der Waals surface area contributed by atoms with Gasteiger partial charge in [-0.3, -0.25) is 0 Å². The Bertz CT molecular complexity index is 217. The highest BCUT2D eigenvalue weighted by Crippen LogP contribution is 2.23. The van der Waals surface area contributed by atoms with Crippen LogP contribution >= 0.6 is 0 Å². The van der Waals surface area contributed by atoms with Crippen LogP contribution in [-0.2, 0) is 4.74 Å². The van der Waals surface area contributed by atoms with Gasteiger partial charge in [-0.25, -0.2) is 0 Å². The molecule has 1 rings (SSSR count). The molecule has 0 saturated carbocycles. The van der Waals surface area contributed by atoms with E-state index in [1.54, 1.807) is 0 Å². The minimum atomic E-state index is 0.722. The average Bonchev–Trinajstić information content (AvgIpc) is 2.29. The number of hydrogen-bond acceptors (Lipinski definition) is 2. The van der Waals surface area contributed by atoms with E-state index in [-0.39, 0.29) is 0 Å². The zero-order chi connectivity index (χ0) is 12.7. The molecule has 1 saturated heterocycles. The van der Waals surface area contributed by atoms with Gasteiger partial charge in [-0.2, -0.15) is 0 Å². The van der Waals surface area contributed by atoms with Gasteiger partial charge in [0.05, 0.1) is 12.4 Å². The maximum absolute atomic E-state index is 5.38. The molecule has 0 bridgehead atoms. The molecule has 2 heteroatoms. The number of ether oxygens (including phenoxy) is 1. The largest absolute Gasteiger partial charge is 0.499 e. The van der Waals surface area contributed by atoms with E-state index in [2.05, 4.69) is 25.3 Å². The van der Waals surface area contributed by atoms with E-state index in [0.29, 0.717) is 0 Å². The summed E-state index contributed by atoms with van der Waals surface area (Å²) in [5.74, 6) is 1.80. The van der Waals surface area contributed by atoms with Gasteiger partial charge in [0.2, 0.25) is 0 Å². The number of likely N-dealkylation sites (tertiary alicyclic amines) is 1. The van der Waals surface area contributed by atoms with E-state index >= 15 is 0 Å². The quantitative estimate of drug-likeness (QED) is 0.494. The molecule has 0 N–H and O–H groups in total. The first-order valence-electron chi connectivity index (χ1n) is 7.12. The third kappa shape index (κ3) is 6.11. The van der Waals surface area contributed by atoms with E-state index in [1.165, 1.54) is 45.2 Å². The first-order valence-corrected chi connectivity index (χ1v) is 7.12. The lowest BCUT2D eigenvalue weighted by Gasteiger charge is -2.34. The smallest absolute Gasteiger partial charge is 0.0876 e. The minimum Gasteiger partial charge on any atom is -0.499 e. The second kappa shape index (κ2) is 7.75. The van der Waals surface area contributed by atoms with Crippen LogP contribution in [-0.4, -0.2) is 30.6 Å². The van der Waals surface area contributed by atoms with Crippen molar-refractivity contribution in [2.45, 2.75) is 58.9 Å². The molecular formula is C15H29NO. The van der Waals surface area contributed by atoms with Gasteiger partial charge < -0.3 is 9.64 Å². The highest BCUT2D eigenvalue weighted by molar-refractivity contribution is 4.75. The zero-order valence-electron chi connectivity index (χ0n) is 11.9. The fourth-order valence-electron chi connectivity index (χ4n) is 2.54. The van der Waals surface area contributed by atoms with Crippen LogP contribution < -0.4 is 0 Å². The normalized spacial score (nSPS) is 18.6. The summed E-state index contributed by atoms with van der Waals surface area (Å²) in [7, 11) is 0. The number of piperidine rings is 1. The van der Waals surface area contributed by atoms with Crippen LogP contribution in [0.1, 0.15) is 52.9 Å². The molecule has 0 aromatic rings. The molecule has 1 heterocycles. The Kier molecular flexibility index (Phi) is 6.64. The number of nitrogens with zero attached hydrogens (tertiary/aromatic N) is 1. The van der Waals surface area contributed by atoms with Crippen molar-refractivity contribution in [2.24, 2.45) is 5.92 Å². The van der Waals surface area contributed by atoms with Crippen LogP contribution in [0.3, 0.4) is 0 Å². The number of rotatable bonds is 7. The molecule has 100 valence electrons. The maximum atomic E-state index is 5.38. The number of unbranched alkanes of at least 4 members (excludes halogenated alkanes) is 1. The lowest BCUT2D eigenvalue weighted by molar-refractivity contribution is 0.141. The van der Waals surface area contributed by atoms with Crippen molar-refractivity contribution >= 4 is 0 Å². The van der Waals surface area contributed by atoms with Crippen LogP contribution in [0.5, 0.6) is 0 Å². The number of allylic oxidation sites excluding steroid dienone is 1. The molecule has 0 unspecified atom stereocenters.